The van der Waals surface area contributed by atoms with E-state index in [0.717, 1.165) is 19.3 Å². The molecule has 0 aromatic carbocycles. The van der Waals surface area contributed by atoms with Crippen LogP contribution in [0.5, 0.6) is 0 Å². The first-order valence-corrected chi connectivity index (χ1v) is 8.39. The Morgan fingerprint density at radius 1 is 0.650 bits per heavy atom. The number of aliphatic hydroxyl groups is 2. The van der Waals surface area contributed by atoms with Gasteiger partial charge in [0.05, 0.1) is 0 Å². The predicted octanol–water partition coefficient (Wildman–Crippen LogP) is 5.11. The molecular weight excluding hydrogens is 248 g/mol. The topological polar surface area (TPSA) is 40.5 Å². The summed E-state index contributed by atoms with van der Waals surface area (Å²) >= 11 is 0. The predicted molar refractivity (Wildman–Crippen MR) is 87.6 cm³/mol. The van der Waals surface area contributed by atoms with Gasteiger partial charge in [-0.25, -0.2) is 0 Å². The van der Waals surface area contributed by atoms with Gasteiger partial charge in [-0.15, -0.1) is 6.58 Å². The van der Waals surface area contributed by atoms with E-state index in [1.54, 1.807) is 0 Å². The maximum absolute atomic E-state index is 8.70. The Hall–Kier alpha value is -0.600. The van der Waals surface area contributed by atoms with Gasteiger partial charge in [-0.05, 0) is 51.4 Å². The van der Waals surface area contributed by atoms with Crippen LogP contribution in [-0.2, 0) is 0 Å². The van der Waals surface area contributed by atoms with Gasteiger partial charge in [-0.3, -0.25) is 0 Å². The first kappa shape index (κ1) is 19.4. The fraction of sp³-hybridized carbons (Fsp3) is 0.778. The maximum Gasteiger partial charge on any atom is 0.151 e. The van der Waals surface area contributed by atoms with Gasteiger partial charge in [-0.2, -0.15) is 0 Å². The molecule has 0 spiro atoms. The van der Waals surface area contributed by atoms with Crippen LogP contribution in [-0.4, -0.2) is 16.5 Å². The molecule has 0 aliphatic carbocycles. The monoisotopic (exact) mass is 282 g/mol. The van der Waals surface area contributed by atoms with E-state index in [1.165, 1.54) is 57.8 Å². The highest BCUT2D eigenvalue weighted by Gasteiger charge is 1.96. The highest BCUT2D eigenvalue weighted by molar-refractivity contribution is 4.81. The van der Waals surface area contributed by atoms with Gasteiger partial charge in [0.2, 0.25) is 0 Å². The third kappa shape index (κ3) is 17.4. The van der Waals surface area contributed by atoms with Crippen LogP contribution < -0.4 is 0 Å². The molecule has 0 heterocycles. The molecule has 0 aromatic rings. The Labute approximate surface area is 125 Å². The summed E-state index contributed by atoms with van der Waals surface area (Å²) in [6.45, 7) is 3.73. The molecule has 0 aliphatic heterocycles. The van der Waals surface area contributed by atoms with Crippen molar-refractivity contribution in [3.05, 3.63) is 24.8 Å². The Morgan fingerprint density at radius 2 is 1.10 bits per heavy atom. The zero-order chi connectivity index (χ0) is 14.9. The summed E-state index contributed by atoms with van der Waals surface area (Å²) in [5.41, 5.74) is 0. The molecule has 2 nitrogen and oxygen atoms in total. The summed E-state index contributed by atoms with van der Waals surface area (Å²) in [4.78, 5) is 0. The van der Waals surface area contributed by atoms with Crippen molar-refractivity contribution in [2.45, 2.75) is 89.8 Å². The zero-order valence-electron chi connectivity index (χ0n) is 13.1. The van der Waals surface area contributed by atoms with Gasteiger partial charge < -0.3 is 10.2 Å². The highest BCUT2D eigenvalue weighted by atomic mass is 16.5. The molecule has 0 rings (SSSR count). The Bertz CT molecular complexity index is 221. The molecule has 20 heavy (non-hydrogen) atoms. The van der Waals surface area contributed by atoms with E-state index in [1.807, 2.05) is 6.08 Å². The molecule has 0 amide bonds. The van der Waals surface area contributed by atoms with E-state index >= 15 is 0 Å². The molecule has 0 saturated heterocycles. The molecule has 0 radical (unpaired) electrons. The van der Waals surface area contributed by atoms with Gasteiger partial charge in [0, 0.05) is 0 Å². The molecule has 0 saturated carbocycles. The van der Waals surface area contributed by atoms with Crippen LogP contribution in [0.15, 0.2) is 24.8 Å². The molecule has 2 heteroatoms. The van der Waals surface area contributed by atoms with Crippen molar-refractivity contribution in [1.29, 1.82) is 0 Å². The second kappa shape index (κ2) is 16.5. The van der Waals surface area contributed by atoms with E-state index in [2.05, 4.69) is 18.7 Å². The largest absolute Gasteiger partial charge is 0.368 e. The van der Waals surface area contributed by atoms with E-state index in [-0.39, 0.29) is 0 Å². The Kier molecular flexibility index (Phi) is 16.0. The fourth-order valence-electron chi connectivity index (χ4n) is 2.26. The molecule has 2 N–H and O–H groups in total. The Balaban J connectivity index is 3.06. The quantitative estimate of drug-likeness (QED) is 0.249. The highest BCUT2D eigenvalue weighted by Crippen LogP contribution is 2.10. The summed E-state index contributed by atoms with van der Waals surface area (Å²) in [5.74, 6) is 0. The van der Waals surface area contributed by atoms with Crippen molar-refractivity contribution < 1.29 is 10.2 Å². The fourth-order valence-corrected chi connectivity index (χ4v) is 2.26. The first-order valence-electron chi connectivity index (χ1n) is 8.39. The number of hydrogen-bond donors (Lipinski definition) is 2. The normalized spacial score (nSPS) is 11.6. The summed E-state index contributed by atoms with van der Waals surface area (Å²) in [6, 6.07) is 0. The average Bonchev–Trinajstić information content (AvgIpc) is 2.43. The van der Waals surface area contributed by atoms with Crippen LogP contribution in [0.1, 0.15) is 83.5 Å². The van der Waals surface area contributed by atoms with Gasteiger partial charge >= 0.3 is 0 Å². The summed E-state index contributed by atoms with van der Waals surface area (Å²) in [7, 11) is 0. The van der Waals surface area contributed by atoms with E-state index < -0.39 is 6.29 Å². The van der Waals surface area contributed by atoms with Crippen molar-refractivity contribution in [2.75, 3.05) is 0 Å². The minimum absolute atomic E-state index is 0.523. The molecule has 0 unspecified atom stereocenters. The van der Waals surface area contributed by atoms with Crippen LogP contribution >= 0.6 is 0 Å². The minimum atomic E-state index is -1.11. The lowest BCUT2D eigenvalue weighted by molar-refractivity contribution is -0.0466. The summed E-state index contributed by atoms with van der Waals surface area (Å²) in [6.07, 6.45) is 20.7. The van der Waals surface area contributed by atoms with Crippen molar-refractivity contribution >= 4 is 0 Å². The van der Waals surface area contributed by atoms with Gasteiger partial charge in [0.15, 0.2) is 6.29 Å². The van der Waals surface area contributed by atoms with Crippen LogP contribution in [0.4, 0.5) is 0 Å². The molecule has 118 valence electrons. The van der Waals surface area contributed by atoms with Crippen LogP contribution in [0.3, 0.4) is 0 Å². The Morgan fingerprint density at radius 3 is 1.65 bits per heavy atom. The average molecular weight is 282 g/mol. The van der Waals surface area contributed by atoms with Crippen LogP contribution in [0, 0.1) is 0 Å². The third-order valence-corrected chi connectivity index (χ3v) is 3.53. The van der Waals surface area contributed by atoms with Crippen molar-refractivity contribution in [2.24, 2.45) is 0 Å². The van der Waals surface area contributed by atoms with Crippen LogP contribution in [0.25, 0.3) is 0 Å². The minimum Gasteiger partial charge on any atom is -0.368 e. The van der Waals surface area contributed by atoms with Gasteiger partial charge in [0.1, 0.15) is 0 Å². The SMILES string of the molecule is C=CCCCCCC=CCCCCCCCCC(O)O. The first-order chi connectivity index (χ1) is 9.77. The number of aliphatic hydroxyl groups excluding tert-OH is 1. The van der Waals surface area contributed by atoms with Crippen molar-refractivity contribution in [3.63, 3.8) is 0 Å². The number of allylic oxidation sites excluding steroid dienone is 3. The van der Waals surface area contributed by atoms with Crippen LogP contribution in [0.2, 0.25) is 0 Å². The maximum atomic E-state index is 8.70. The third-order valence-electron chi connectivity index (χ3n) is 3.53. The van der Waals surface area contributed by atoms with E-state index in [0.29, 0.717) is 6.42 Å². The van der Waals surface area contributed by atoms with E-state index in [4.69, 9.17) is 10.2 Å². The van der Waals surface area contributed by atoms with Gasteiger partial charge in [-0.1, -0.05) is 50.3 Å². The summed E-state index contributed by atoms with van der Waals surface area (Å²) < 4.78 is 0. The smallest absolute Gasteiger partial charge is 0.151 e. The molecule has 0 fully saturated rings. The van der Waals surface area contributed by atoms with Crippen molar-refractivity contribution in [1.82, 2.24) is 0 Å². The molecule has 0 atom stereocenters. The van der Waals surface area contributed by atoms with Crippen molar-refractivity contribution in [3.8, 4) is 0 Å². The lowest BCUT2D eigenvalue weighted by Gasteiger charge is -2.02. The molecule has 0 aliphatic rings. The number of hydrogen-bond acceptors (Lipinski definition) is 2. The molecular formula is C18H34O2. The second-order valence-corrected chi connectivity index (χ2v) is 5.58. The lowest BCUT2D eigenvalue weighted by Crippen LogP contribution is -2.02. The lowest BCUT2D eigenvalue weighted by atomic mass is 10.1. The van der Waals surface area contributed by atoms with E-state index in [9.17, 15) is 0 Å². The molecule has 0 aromatic heterocycles. The second-order valence-electron chi connectivity index (χ2n) is 5.58. The standard InChI is InChI=1S/C18H34O2/c1-2-3-4-5-6-7-8-9-10-11-12-13-14-15-16-17-18(19)20/h2,8-9,18-20H,1,3-7,10-17H2. The number of rotatable bonds is 15. The summed E-state index contributed by atoms with van der Waals surface area (Å²) in [5, 5.41) is 17.4. The number of unbranched alkanes of at least 4 members (excludes halogenated alkanes) is 10. The molecule has 0 bridgehead atoms. The zero-order valence-corrected chi connectivity index (χ0v) is 13.1. The van der Waals surface area contributed by atoms with Gasteiger partial charge in [0.25, 0.3) is 0 Å².